The normalized spacial score (nSPS) is 23.8. The highest BCUT2D eigenvalue weighted by Crippen LogP contribution is 2.26. The smallest absolute Gasteiger partial charge is 0.246 e. The van der Waals surface area contributed by atoms with Gasteiger partial charge in [0, 0.05) is 30.9 Å². The van der Waals surface area contributed by atoms with Gasteiger partial charge in [-0.2, -0.15) is 0 Å². The molecule has 23 nitrogen and oxygen atoms in total. The number of aliphatic hydroxyl groups is 1. The van der Waals surface area contributed by atoms with E-state index in [0.717, 1.165) is 10.8 Å². The van der Waals surface area contributed by atoms with Crippen molar-refractivity contribution >= 4 is 80.7 Å². The molecule has 10 amide bonds. The minimum atomic E-state index is -1.74. The molecule has 2 aliphatic heterocycles. The predicted octanol–water partition coefficient (Wildman–Crippen LogP) is -3.04. The largest absolute Gasteiger partial charge is 0.494 e. The number of nitrogens with zero attached hydrogens (tertiary/aromatic N) is 1. The van der Waals surface area contributed by atoms with Crippen LogP contribution in [0.3, 0.4) is 0 Å². The second kappa shape index (κ2) is 28.6. The molecule has 378 valence electrons. The highest BCUT2D eigenvalue weighted by atomic mass is 33.1. The summed E-state index contributed by atoms with van der Waals surface area (Å²) in [5.41, 5.74) is 17.0. The van der Waals surface area contributed by atoms with Gasteiger partial charge in [-0.15, -0.1) is 0 Å². The van der Waals surface area contributed by atoms with E-state index in [4.69, 9.17) is 21.9 Å². The Bertz CT molecular complexity index is 1950. The predicted molar refractivity (Wildman–Crippen MR) is 253 cm³/mol. The third-order valence-electron chi connectivity index (χ3n) is 11.2. The number of benzene rings is 1. The Balaban J connectivity index is 1.99. The second-order valence-electron chi connectivity index (χ2n) is 16.5. The van der Waals surface area contributed by atoms with Crippen LogP contribution in [0.25, 0.3) is 0 Å². The highest BCUT2D eigenvalue weighted by Gasteiger charge is 2.41. The highest BCUT2D eigenvalue weighted by molar-refractivity contribution is 8.76. The summed E-state index contributed by atoms with van der Waals surface area (Å²) in [7, 11) is 2.27. The number of carbonyl (C=O) groups excluding carboxylic acids is 10. The molecule has 4 unspecified atom stereocenters. The first kappa shape index (κ1) is 56.7. The average Bonchev–Trinajstić information content (AvgIpc) is 3.79. The summed E-state index contributed by atoms with van der Waals surface area (Å²) in [5, 5.41) is 28.7. The van der Waals surface area contributed by atoms with Crippen LogP contribution in [0.2, 0.25) is 0 Å². The molecule has 1 aromatic rings. The number of primary amides is 2. The topological polar surface area (TPSA) is 366 Å². The Labute approximate surface area is 403 Å². The number of rotatable bonds is 18. The van der Waals surface area contributed by atoms with E-state index in [2.05, 4.69) is 37.2 Å². The summed E-state index contributed by atoms with van der Waals surface area (Å²) in [6, 6.07) is -2.62. The fourth-order valence-electron chi connectivity index (χ4n) is 7.29. The van der Waals surface area contributed by atoms with Gasteiger partial charge in [0.2, 0.25) is 59.1 Å². The molecule has 25 heteroatoms. The van der Waals surface area contributed by atoms with Gasteiger partial charge in [-0.05, 0) is 69.7 Å². The molecular formula is C43H67N11O12S2. The van der Waals surface area contributed by atoms with Crippen LogP contribution in [-0.2, 0) is 54.4 Å². The average molecular weight is 994 g/mol. The van der Waals surface area contributed by atoms with Gasteiger partial charge in [-0.1, -0.05) is 54.0 Å². The fourth-order valence-corrected chi connectivity index (χ4v) is 9.44. The number of likely N-dealkylation sites (tertiary alicyclic amines) is 1. The molecule has 2 saturated heterocycles. The number of hydrogen-bond donors (Lipinski definition) is 11. The van der Waals surface area contributed by atoms with Crippen LogP contribution in [0.5, 0.6) is 5.75 Å². The molecule has 2 heterocycles. The van der Waals surface area contributed by atoms with Crippen LogP contribution < -0.4 is 59.2 Å². The molecule has 9 atom stereocenters. The van der Waals surface area contributed by atoms with Gasteiger partial charge in [-0.25, -0.2) is 0 Å². The van der Waals surface area contributed by atoms with E-state index in [1.807, 2.05) is 6.92 Å². The number of nitrogens with two attached hydrogens (primary N) is 3. The second-order valence-corrected chi connectivity index (χ2v) is 19.1. The van der Waals surface area contributed by atoms with E-state index in [9.17, 15) is 53.1 Å². The Morgan fingerprint density at radius 3 is 2.15 bits per heavy atom. The van der Waals surface area contributed by atoms with E-state index in [0.29, 0.717) is 37.2 Å². The van der Waals surface area contributed by atoms with E-state index in [-0.39, 0.29) is 50.3 Å². The fraction of sp³-hybridized carbons (Fsp3) is 0.628. The number of nitrogens with one attached hydrogen (secondary N) is 7. The number of amides is 10. The zero-order valence-electron chi connectivity index (χ0n) is 38.8. The zero-order chi connectivity index (χ0) is 50.5. The molecule has 2 aliphatic rings. The van der Waals surface area contributed by atoms with E-state index >= 15 is 0 Å². The zero-order valence-corrected chi connectivity index (χ0v) is 40.5. The molecular weight excluding hydrogens is 927 g/mol. The third kappa shape index (κ3) is 18.1. The molecule has 3 rings (SSSR count). The lowest BCUT2D eigenvalue weighted by Crippen LogP contribution is -2.63. The monoisotopic (exact) mass is 993 g/mol. The molecule has 1 aromatic carbocycles. The van der Waals surface area contributed by atoms with Gasteiger partial charge < -0.3 is 69.2 Å². The molecule has 0 spiro atoms. The van der Waals surface area contributed by atoms with Gasteiger partial charge in [0.15, 0.2) is 0 Å². The number of ether oxygens (including phenoxy) is 1. The van der Waals surface area contributed by atoms with Gasteiger partial charge >= 0.3 is 0 Å². The summed E-state index contributed by atoms with van der Waals surface area (Å²) < 4.78 is 5.53. The third-order valence-corrected chi connectivity index (χ3v) is 13.6. The summed E-state index contributed by atoms with van der Waals surface area (Å²) in [4.78, 5) is 135. The molecule has 0 saturated carbocycles. The minimum absolute atomic E-state index is 0.0243. The first-order valence-corrected chi connectivity index (χ1v) is 25.1. The lowest BCUT2D eigenvalue weighted by molar-refractivity contribution is -0.142. The molecule has 0 radical (unpaired) electrons. The standard InChI is InChI=1S/C43H67N11O12S2/c1-5-23(3)35-41(63)53-36(24(4)55)42(64)50-29(20-32(45)56)38(60)51-30(43(65)54-17-8-10-31(54)40(62)49-27(9-7-16-44)37(59)47-21-33(46)57)22-68-67-18-15-34(58)48-28(39(61)52-35)19-25-11-13-26(14-12-25)66-6-2/h11-14,23-24,27-31,35-36,55H,5-10,15-22,44H2,1-4H3,(H2,45,56)(H2,46,57)(H,47,59)(H,48,58)(H,49,62)(H,50,64)(H,51,60)(H,52,61)(H,53,63)/t23-,24+,27-,28?,29-,30?,31-,35?,36?/m0/s1. The first-order chi connectivity index (χ1) is 32.3. The molecule has 0 aliphatic carbocycles. The van der Waals surface area contributed by atoms with Crippen LogP contribution in [0.4, 0.5) is 0 Å². The van der Waals surface area contributed by atoms with Crippen molar-refractivity contribution < 1.29 is 57.8 Å². The maximum atomic E-state index is 14.4. The van der Waals surface area contributed by atoms with Crippen molar-refractivity contribution in [3.05, 3.63) is 29.8 Å². The summed E-state index contributed by atoms with van der Waals surface area (Å²) in [6.07, 6.45) is -1.05. The Morgan fingerprint density at radius 1 is 0.868 bits per heavy atom. The SMILES string of the molecule is CCOc1ccc(CC2NC(=O)CCSSCC(C(=O)N3CCC[C@H]3C(=O)N[C@@H](CCCN)C(=O)NCC(N)=O)NC(=O)[C@H](CC(N)=O)NC(=O)C([C@@H](C)O)NC(=O)C([C@@H](C)CC)NC2=O)cc1. The van der Waals surface area contributed by atoms with E-state index < -0.39 is 126 Å². The van der Waals surface area contributed by atoms with Gasteiger partial charge in [0.25, 0.3) is 0 Å². The van der Waals surface area contributed by atoms with Gasteiger partial charge in [0.1, 0.15) is 48.0 Å². The molecule has 0 aromatic heterocycles. The van der Waals surface area contributed by atoms with Crippen LogP contribution in [-0.4, -0.2) is 155 Å². The van der Waals surface area contributed by atoms with Gasteiger partial charge in [0.05, 0.1) is 25.7 Å². The van der Waals surface area contributed by atoms with Crippen LogP contribution in [0.15, 0.2) is 24.3 Å². The van der Waals surface area contributed by atoms with Crippen molar-refractivity contribution in [1.82, 2.24) is 42.1 Å². The van der Waals surface area contributed by atoms with Crippen molar-refractivity contribution in [2.45, 2.75) is 127 Å². The lowest BCUT2D eigenvalue weighted by Gasteiger charge is -2.31. The van der Waals surface area contributed by atoms with Crippen molar-refractivity contribution in [1.29, 1.82) is 0 Å². The number of hydrogen-bond acceptors (Lipinski definition) is 15. The molecule has 14 N–H and O–H groups in total. The van der Waals surface area contributed by atoms with Crippen molar-refractivity contribution in [3.63, 3.8) is 0 Å². The minimum Gasteiger partial charge on any atom is -0.494 e. The van der Waals surface area contributed by atoms with E-state index in [1.54, 1.807) is 38.1 Å². The van der Waals surface area contributed by atoms with Crippen molar-refractivity contribution in [3.8, 4) is 5.75 Å². The quantitative estimate of drug-likeness (QED) is 0.0652. The molecule has 68 heavy (non-hydrogen) atoms. The molecule has 2 fully saturated rings. The van der Waals surface area contributed by atoms with Crippen molar-refractivity contribution in [2.24, 2.45) is 23.1 Å². The lowest BCUT2D eigenvalue weighted by atomic mass is 9.96. The Morgan fingerprint density at radius 2 is 1.53 bits per heavy atom. The van der Waals surface area contributed by atoms with Crippen LogP contribution in [0.1, 0.15) is 78.2 Å². The van der Waals surface area contributed by atoms with Crippen LogP contribution in [0, 0.1) is 5.92 Å². The summed E-state index contributed by atoms with van der Waals surface area (Å²) >= 11 is 0. The Kier molecular flexibility index (Phi) is 23.8. The van der Waals surface area contributed by atoms with Gasteiger partial charge in [-0.3, -0.25) is 47.9 Å². The van der Waals surface area contributed by atoms with Crippen LogP contribution >= 0.6 is 21.6 Å². The maximum absolute atomic E-state index is 14.4. The summed E-state index contributed by atoms with van der Waals surface area (Å²) in [5.74, 6) is -8.07. The van der Waals surface area contributed by atoms with Crippen molar-refractivity contribution in [2.75, 3.05) is 37.7 Å². The van der Waals surface area contributed by atoms with E-state index in [1.165, 1.54) is 22.6 Å². The summed E-state index contributed by atoms with van der Waals surface area (Å²) in [6.45, 7) is 6.72. The number of carbonyl (C=O) groups is 10. The first-order valence-electron chi connectivity index (χ1n) is 22.6. The maximum Gasteiger partial charge on any atom is 0.246 e. The number of aliphatic hydroxyl groups excluding tert-OH is 1. The molecule has 0 bridgehead atoms. The Hall–Kier alpha value is -5.66.